The van der Waals surface area contributed by atoms with Gasteiger partial charge < -0.3 is 10.1 Å². The van der Waals surface area contributed by atoms with Gasteiger partial charge in [0.2, 0.25) is 11.8 Å². The second-order valence-corrected chi connectivity index (χ2v) is 9.45. The monoisotopic (exact) mass is 448 g/mol. The topological polar surface area (TPSA) is 75.7 Å². The maximum absolute atomic E-state index is 13.3. The van der Waals surface area contributed by atoms with Gasteiger partial charge in [-0.05, 0) is 66.5 Å². The summed E-state index contributed by atoms with van der Waals surface area (Å²) in [6.45, 7) is 0. The van der Waals surface area contributed by atoms with E-state index in [0.29, 0.717) is 39.5 Å². The summed E-state index contributed by atoms with van der Waals surface area (Å²) in [4.78, 5) is 40.9. The molecule has 162 valence electrons. The molecule has 0 spiro atoms. The second kappa shape index (κ2) is 6.94. The van der Waals surface area contributed by atoms with Crippen molar-refractivity contribution in [3.63, 3.8) is 0 Å². The normalized spacial score (nSPS) is 31.4. The molecule has 32 heavy (non-hydrogen) atoms. The molecule has 5 aliphatic rings. The van der Waals surface area contributed by atoms with Crippen LogP contribution in [-0.2, 0) is 9.59 Å². The molecule has 1 aliphatic heterocycles. The number of nitrogens with zero attached hydrogens (tertiary/aromatic N) is 1. The van der Waals surface area contributed by atoms with E-state index in [9.17, 15) is 14.4 Å². The smallest absolute Gasteiger partial charge is 0.255 e. The van der Waals surface area contributed by atoms with Crippen LogP contribution < -0.4 is 15.0 Å². The van der Waals surface area contributed by atoms with Crippen molar-refractivity contribution in [3.05, 3.63) is 65.2 Å². The molecule has 1 N–H and O–H groups in total. The summed E-state index contributed by atoms with van der Waals surface area (Å²) in [7, 11) is 1.51. The van der Waals surface area contributed by atoms with E-state index >= 15 is 0 Å². The van der Waals surface area contributed by atoms with Crippen LogP contribution in [0.5, 0.6) is 5.75 Å². The molecule has 2 saturated carbocycles. The average molecular weight is 449 g/mol. The Balaban J connectivity index is 1.28. The van der Waals surface area contributed by atoms with Gasteiger partial charge in [0.05, 0.1) is 30.3 Å². The van der Waals surface area contributed by atoms with Crippen molar-refractivity contribution < 1.29 is 19.1 Å². The van der Waals surface area contributed by atoms with Gasteiger partial charge in [0, 0.05) is 10.6 Å². The molecule has 2 aromatic rings. The van der Waals surface area contributed by atoms with E-state index in [0.717, 1.165) is 6.42 Å². The highest BCUT2D eigenvalue weighted by atomic mass is 35.5. The van der Waals surface area contributed by atoms with E-state index in [1.807, 2.05) is 0 Å². The molecule has 3 fully saturated rings. The quantitative estimate of drug-likeness (QED) is 0.563. The Hall–Kier alpha value is -3.12. The van der Waals surface area contributed by atoms with Crippen LogP contribution in [0.4, 0.5) is 11.4 Å². The van der Waals surface area contributed by atoms with Gasteiger partial charge in [-0.15, -0.1) is 0 Å². The predicted octanol–water partition coefficient (Wildman–Crippen LogP) is 4.16. The molecule has 2 aromatic carbocycles. The number of anilines is 2. The fourth-order valence-electron chi connectivity index (χ4n) is 5.97. The summed E-state index contributed by atoms with van der Waals surface area (Å²) in [6, 6.07) is 11.6. The number of hydrogen-bond donors (Lipinski definition) is 1. The lowest BCUT2D eigenvalue weighted by Crippen LogP contribution is -2.40. The number of halogens is 1. The Bertz CT molecular complexity index is 1170. The van der Waals surface area contributed by atoms with Crippen LogP contribution in [0.25, 0.3) is 0 Å². The van der Waals surface area contributed by atoms with Crippen LogP contribution in [0.15, 0.2) is 54.6 Å². The number of benzene rings is 2. The Morgan fingerprint density at radius 1 is 1.03 bits per heavy atom. The number of carbonyl (C=O) groups excluding carboxylic acids is 3. The number of ether oxygens (including phenoxy) is 1. The standard InChI is InChI=1S/C25H21ClN2O4/c1-32-20-8-5-13(26)10-19(20)27-23(29)12-3-2-4-14(9-12)28-24(30)21-15-6-7-16(18-11-17(15)18)22(21)25(28)31/h2-10,15-18,21-22H,11H2,1H3,(H,27,29)/t15-,16-,17-,18-,21-,22+/m0/s1. The summed E-state index contributed by atoms with van der Waals surface area (Å²) < 4.78 is 5.29. The molecular weight excluding hydrogens is 428 g/mol. The highest BCUT2D eigenvalue weighted by Gasteiger charge is 2.67. The Morgan fingerprint density at radius 3 is 2.38 bits per heavy atom. The van der Waals surface area contributed by atoms with Crippen molar-refractivity contribution in [2.45, 2.75) is 6.42 Å². The molecule has 0 radical (unpaired) electrons. The fourth-order valence-corrected chi connectivity index (χ4v) is 6.14. The average Bonchev–Trinajstić information content (AvgIpc) is 3.57. The van der Waals surface area contributed by atoms with Crippen molar-refractivity contribution in [2.75, 3.05) is 17.3 Å². The third-order valence-electron chi connectivity index (χ3n) is 7.44. The van der Waals surface area contributed by atoms with E-state index in [1.165, 1.54) is 12.0 Å². The van der Waals surface area contributed by atoms with Gasteiger partial charge in [-0.25, -0.2) is 4.90 Å². The van der Waals surface area contributed by atoms with Crippen molar-refractivity contribution in [3.8, 4) is 5.75 Å². The van der Waals surface area contributed by atoms with Gasteiger partial charge in [0.15, 0.2) is 0 Å². The first kappa shape index (κ1) is 19.6. The lowest BCUT2D eigenvalue weighted by molar-refractivity contribution is -0.124. The lowest BCUT2D eigenvalue weighted by atomic mass is 9.63. The minimum Gasteiger partial charge on any atom is -0.495 e. The first-order valence-corrected chi connectivity index (χ1v) is 11.2. The number of allylic oxidation sites excluding steroid dienone is 2. The molecular formula is C25H21ClN2O4. The number of hydrogen-bond acceptors (Lipinski definition) is 4. The van der Waals surface area contributed by atoms with Crippen molar-refractivity contribution in [1.82, 2.24) is 0 Å². The van der Waals surface area contributed by atoms with Gasteiger partial charge in [0.25, 0.3) is 5.91 Å². The summed E-state index contributed by atoms with van der Waals surface area (Å²) >= 11 is 6.05. The zero-order valence-electron chi connectivity index (χ0n) is 17.3. The molecule has 1 heterocycles. The Morgan fingerprint density at radius 2 is 1.72 bits per heavy atom. The van der Waals surface area contributed by atoms with Crippen LogP contribution >= 0.6 is 11.6 Å². The van der Waals surface area contributed by atoms with E-state index in [4.69, 9.17) is 16.3 Å². The maximum Gasteiger partial charge on any atom is 0.255 e. The van der Waals surface area contributed by atoms with Gasteiger partial charge in [-0.1, -0.05) is 29.8 Å². The Labute approximate surface area is 190 Å². The lowest BCUT2D eigenvalue weighted by Gasteiger charge is -2.37. The third kappa shape index (κ3) is 2.75. The zero-order chi connectivity index (χ0) is 22.1. The minimum atomic E-state index is -0.382. The fraction of sp³-hybridized carbons (Fsp3) is 0.320. The molecule has 0 unspecified atom stereocenters. The molecule has 1 saturated heterocycles. The molecule has 0 aromatic heterocycles. The van der Waals surface area contributed by atoms with Crippen molar-refractivity contribution in [2.24, 2.45) is 35.5 Å². The van der Waals surface area contributed by atoms with Crippen LogP contribution in [0.3, 0.4) is 0 Å². The number of nitrogens with one attached hydrogen (secondary N) is 1. The molecule has 7 rings (SSSR count). The Kier molecular flexibility index (Phi) is 4.24. The number of carbonyl (C=O) groups is 3. The molecule has 4 aliphatic carbocycles. The predicted molar refractivity (Wildman–Crippen MR) is 120 cm³/mol. The van der Waals surface area contributed by atoms with Crippen LogP contribution in [0.1, 0.15) is 16.8 Å². The SMILES string of the molecule is COc1ccc(Cl)cc1NC(=O)c1cccc(N2C(=O)[C@@H]3[C@H]4C=C[C@@H]([C@@H]5C[C@@H]45)[C@@H]3C2=O)c1. The van der Waals surface area contributed by atoms with E-state index in [-0.39, 0.29) is 41.4 Å². The molecule has 3 amide bonds. The maximum atomic E-state index is 13.3. The second-order valence-electron chi connectivity index (χ2n) is 9.02. The van der Waals surface area contributed by atoms with Gasteiger partial charge in [-0.2, -0.15) is 0 Å². The first-order chi connectivity index (χ1) is 15.5. The minimum absolute atomic E-state index is 0.140. The number of methoxy groups -OCH3 is 1. The molecule has 2 bridgehead atoms. The van der Waals surface area contributed by atoms with Crippen LogP contribution in [0, 0.1) is 35.5 Å². The summed E-state index contributed by atoms with van der Waals surface area (Å²) in [5, 5.41) is 3.26. The van der Waals surface area contributed by atoms with Gasteiger partial charge >= 0.3 is 0 Å². The summed E-state index contributed by atoms with van der Waals surface area (Å²) in [5.41, 5.74) is 1.22. The van der Waals surface area contributed by atoms with Crippen LogP contribution in [-0.4, -0.2) is 24.8 Å². The molecule has 6 nitrogen and oxygen atoms in total. The summed E-state index contributed by atoms with van der Waals surface area (Å²) in [5.74, 6) is 0.708. The van der Waals surface area contributed by atoms with E-state index in [2.05, 4.69) is 17.5 Å². The van der Waals surface area contributed by atoms with Crippen LogP contribution in [0.2, 0.25) is 5.02 Å². The van der Waals surface area contributed by atoms with E-state index < -0.39 is 0 Å². The van der Waals surface area contributed by atoms with E-state index in [1.54, 1.807) is 42.5 Å². The first-order valence-electron chi connectivity index (χ1n) is 10.8. The largest absolute Gasteiger partial charge is 0.495 e. The zero-order valence-corrected chi connectivity index (χ0v) is 18.1. The molecule has 7 heteroatoms. The molecule has 6 atom stereocenters. The van der Waals surface area contributed by atoms with Gasteiger partial charge in [-0.3, -0.25) is 14.4 Å². The highest BCUT2D eigenvalue weighted by Crippen LogP contribution is 2.65. The number of imide groups is 1. The third-order valence-corrected chi connectivity index (χ3v) is 7.67. The number of rotatable bonds is 4. The summed E-state index contributed by atoms with van der Waals surface area (Å²) in [6.07, 6.45) is 5.42. The van der Waals surface area contributed by atoms with Crippen molar-refractivity contribution in [1.29, 1.82) is 0 Å². The highest BCUT2D eigenvalue weighted by molar-refractivity contribution is 6.31. The van der Waals surface area contributed by atoms with Gasteiger partial charge in [0.1, 0.15) is 5.75 Å². The number of amides is 3. The van der Waals surface area contributed by atoms with Crippen molar-refractivity contribution >= 4 is 40.7 Å².